The maximum absolute atomic E-state index is 0. The maximum atomic E-state index is 0. The van der Waals surface area contributed by atoms with Crippen molar-refractivity contribution in [1.29, 1.82) is 0 Å². The molecular formula is HBBaBrCsSe. The predicted octanol–water partition coefficient (Wildman–Crippen LogP) is -0.945. The number of hydrogen-bond donors (Lipinski definition) is 0. The fourth-order valence-electron chi connectivity index (χ4n) is 0. The second kappa shape index (κ2) is 23.4. The Morgan fingerprint density at radius 1 is 1.00 bits per heavy atom. The second-order valence-corrected chi connectivity index (χ2v) is 0. The molecule has 0 saturated carbocycles. The first kappa shape index (κ1) is 33.3. The van der Waals surface area contributed by atoms with Gasteiger partial charge in [0.25, 0.3) is 0 Å². The summed E-state index contributed by atoms with van der Waals surface area (Å²) in [5.41, 5.74) is 0. The average molecular weight is 441 g/mol. The van der Waals surface area contributed by atoms with Crippen molar-refractivity contribution in [3.05, 3.63) is 0 Å². The summed E-state index contributed by atoms with van der Waals surface area (Å²) in [6, 6.07) is 0. The number of hydrogen-bond acceptors (Lipinski definition) is 0. The van der Waals surface area contributed by atoms with E-state index in [1.165, 1.54) is 0 Å². The summed E-state index contributed by atoms with van der Waals surface area (Å²) in [6.45, 7) is 0. The Hall–Kier alpha value is 4.69. The third-order valence-electron chi connectivity index (χ3n) is 0. The molecule has 5 heteroatoms. The van der Waals surface area contributed by atoms with E-state index < -0.39 is 0 Å². The third-order valence-corrected chi connectivity index (χ3v) is 0. The van der Waals surface area contributed by atoms with Gasteiger partial charge < -0.3 is 0 Å². The zero-order valence-corrected chi connectivity index (χ0v) is 17.2. The zero-order valence-electron chi connectivity index (χ0n) is 3.10. The Kier molecular flexibility index (Phi) is 155. The standard InChI is InChI=1S/B.Ba.BrH.Cs.Se/h;;1H;;. The van der Waals surface area contributed by atoms with Gasteiger partial charge in [-0.25, -0.2) is 0 Å². The summed E-state index contributed by atoms with van der Waals surface area (Å²) >= 11 is 0. The van der Waals surface area contributed by atoms with E-state index in [1.807, 2.05) is 0 Å². The van der Waals surface area contributed by atoms with Gasteiger partial charge in [0.15, 0.2) is 0 Å². The molecule has 0 rings (SSSR count). The van der Waals surface area contributed by atoms with Crippen LogP contribution in [0.15, 0.2) is 0 Å². The number of rotatable bonds is 0. The monoisotopic (exact) mass is 442 g/mol. The molecule has 0 saturated heterocycles. The summed E-state index contributed by atoms with van der Waals surface area (Å²) in [4.78, 5) is 0. The van der Waals surface area contributed by atoms with E-state index in [9.17, 15) is 0 Å². The van der Waals surface area contributed by atoms with Gasteiger partial charge in [-0.1, -0.05) is 0 Å². The van der Waals surface area contributed by atoms with Gasteiger partial charge in [0.2, 0.25) is 0 Å². The molecule has 0 N–H and O–H groups in total. The summed E-state index contributed by atoms with van der Waals surface area (Å²) in [7, 11) is 0. The summed E-state index contributed by atoms with van der Waals surface area (Å²) in [5, 5.41) is 0. The van der Waals surface area contributed by atoms with Gasteiger partial charge in [0.05, 0.1) is 0 Å². The Balaban J connectivity index is 0. The van der Waals surface area contributed by atoms with Gasteiger partial charge in [-0.3, -0.25) is 0 Å². The Morgan fingerprint density at radius 2 is 1.00 bits per heavy atom. The molecule has 0 atom stereocenters. The van der Waals surface area contributed by atoms with Crippen LogP contribution in [0.1, 0.15) is 0 Å². The van der Waals surface area contributed by atoms with Gasteiger partial charge in [0, 0.05) is 143 Å². The quantitative estimate of drug-likeness (QED) is 0.426. The molecule has 0 nitrogen and oxygen atoms in total. The molecule has 0 aromatic carbocycles. The van der Waals surface area contributed by atoms with Gasteiger partial charge in [0.1, 0.15) is 0 Å². The van der Waals surface area contributed by atoms with Gasteiger partial charge in [-0.05, 0) is 0 Å². The van der Waals surface area contributed by atoms with Crippen molar-refractivity contribution in [3.63, 3.8) is 0 Å². The van der Waals surface area contributed by atoms with Crippen molar-refractivity contribution in [2.45, 2.75) is 0 Å². The molecule has 0 aromatic heterocycles. The van der Waals surface area contributed by atoms with E-state index in [1.54, 1.807) is 0 Å². The Bertz CT molecular complexity index is 11.6. The molecular weight excluding hydrogens is 440 g/mol. The second-order valence-electron chi connectivity index (χ2n) is 0. The molecule has 8 radical (unpaired) electrons. The van der Waals surface area contributed by atoms with Gasteiger partial charge in [-0.2, -0.15) is 0 Å². The maximum Gasteiger partial charge on any atom is 0 e. The molecule has 0 amide bonds. The van der Waals surface area contributed by atoms with E-state index in [4.69, 9.17) is 0 Å². The van der Waals surface area contributed by atoms with Crippen LogP contribution >= 0.6 is 17.0 Å². The molecule has 0 bridgehead atoms. The minimum absolute atomic E-state index is 0. The van der Waals surface area contributed by atoms with Crippen LogP contribution in [-0.2, 0) is 0 Å². The normalized spacial score (nSPS) is 0. The van der Waals surface area contributed by atoms with Crippen LogP contribution in [-0.4, -0.2) is 143 Å². The van der Waals surface area contributed by atoms with Crippen LogP contribution in [0.5, 0.6) is 0 Å². The van der Waals surface area contributed by atoms with Crippen molar-refractivity contribution in [3.8, 4) is 0 Å². The molecule has 0 fully saturated rings. The van der Waals surface area contributed by atoms with Crippen molar-refractivity contribution in [2.24, 2.45) is 0 Å². The van der Waals surface area contributed by atoms with Crippen LogP contribution in [0, 0.1) is 0 Å². The third kappa shape index (κ3) is 17.7. The minimum atomic E-state index is 0. The number of halogens is 1. The molecule has 0 aliphatic rings. The SMILES string of the molecule is Br.[B].[Ba].[Cs].[Se]. The van der Waals surface area contributed by atoms with Crippen LogP contribution < -0.4 is 0 Å². The van der Waals surface area contributed by atoms with Crippen LogP contribution in [0.25, 0.3) is 0 Å². The van der Waals surface area contributed by atoms with E-state index in [-0.39, 0.29) is 160 Å². The smallest absolute Gasteiger partial charge is 0 e. The van der Waals surface area contributed by atoms with Crippen molar-refractivity contribution < 1.29 is 0 Å². The first-order chi connectivity index (χ1) is 0. The minimum Gasteiger partial charge on any atom is -0.114 e. The largest absolute Gasteiger partial charge is 0.114 e. The average Bonchev–Trinajstić information content (AvgIpc) is 0. The summed E-state index contributed by atoms with van der Waals surface area (Å²) in [5.74, 6) is 0. The Morgan fingerprint density at radius 3 is 1.00 bits per heavy atom. The van der Waals surface area contributed by atoms with E-state index in [0.29, 0.717) is 0 Å². The Labute approximate surface area is 155 Å². The molecule has 0 aromatic rings. The summed E-state index contributed by atoms with van der Waals surface area (Å²) in [6.07, 6.45) is 0. The van der Waals surface area contributed by atoms with Crippen LogP contribution in [0.2, 0.25) is 0 Å². The van der Waals surface area contributed by atoms with E-state index >= 15 is 0 Å². The van der Waals surface area contributed by atoms with Gasteiger partial charge in [-0.15, -0.1) is 17.0 Å². The van der Waals surface area contributed by atoms with E-state index in [0.717, 1.165) is 0 Å². The van der Waals surface area contributed by atoms with Crippen molar-refractivity contribution >= 4 is 160 Å². The first-order valence-electron chi connectivity index (χ1n) is 0. The van der Waals surface area contributed by atoms with Crippen molar-refractivity contribution in [1.82, 2.24) is 0 Å². The van der Waals surface area contributed by atoms with Crippen LogP contribution in [0.3, 0.4) is 0 Å². The topological polar surface area (TPSA) is 0 Å². The predicted molar refractivity (Wildman–Crippen MR) is 33.3 cm³/mol. The van der Waals surface area contributed by atoms with E-state index in [2.05, 4.69) is 0 Å². The first-order valence-corrected chi connectivity index (χ1v) is 0. The molecule has 20 valence electrons. The summed E-state index contributed by atoms with van der Waals surface area (Å²) < 4.78 is 0. The molecule has 0 aliphatic carbocycles. The molecule has 0 spiro atoms. The van der Waals surface area contributed by atoms with Crippen molar-refractivity contribution in [2.75, 3.05) is 0 Å². The fraction of sp³-hybridized carbons (Fsp3) is 0. The molecule has 0 heterocycles. The fourth-order valence-corrected chi connectivity index (χ4v) is 0. The molecule has 5 heavy (non-hydrogen) atoms. The van der Waals surface area contributed by atoms with Gasteiger partial charge >= 0.3 is 0 Å². The molecule has 0 unspecified atom stereocenters. The molecule has 0 aliphatic heterocycles. The zero-order chi connectivity index (χ0) is 0. The van der Waals surface area contributed by atoms with Crippen LogP contribution in [0.4, 0.5) is 0 Å².